The van der Waals surface area contributed by atoms with Gasteiger partial charge in [-0.1, -0.05) is 24.2 Å². The summed E-state index contributed by atoms with van der Waals surface area (Å²) >= 11 is 0. The van der Waals surface area contributed by atoms with Gasteiger partial charge in [0, 0.05) is 13.0 Å². The van der Waals surface area contributed by atoms with Crippen LogP contribution in [0.4, 0.5) is 0 Å². The van der Waals surface area contributed by atoms with Crippen molar-refractivity contribution in [3.8, 4) is 0 Å². The highest BCUT2D eigenvalue weighted by atomic mass is 16.5. The van der Waals surface area contributed by atoms with Gasteiger partial charge >= 0.3 is 5.97 Å². The molecular formula is C18H25N3O4. The highest BCUT2D eigenvalue weighted by Gasteiger charge is 2.40. The summed E-state index contributed by atoms with van der Waals surface area (Å²) in [7, 11) is 0. The van der Waals surface area contributed by atoms with E-state index >= 15 is 0 Å². The van der Waals surface area contributed by atoms with E-state index in [-0.39, 0.29) is 11.9 Å². The molecule has 1 aliphatic carbocycles. The minimum atomic E-state index is -0.903. The standard InChI is InChI=1S/C18H25N3O4/c1-2-7-15-19-16(25-20-15)14-10-5-6-11-21(14)17(22)12-8-3-4-9-13(12)18(23)24/h3-4,12-14H,2,5-11H2,1H3,(H,23,24)/t12-,13+,14+/m1/s1. The van der Waals surface area contributed by atoms with Gasteiger partial charge < -0.3 is 14.5 Å². The molecule has 0 unspecified atom stereocenters. The number of hydrogen-bond acceptors (Lipinski definition) is 5. The zero-order valence-corrected chi connectivity index (χ0v) is 14.6. The number of aryl methyl sites for hydroxylation is 1. The summed E-state index contributed by atoms with van der Waals surface area (Å²) in [6, 6.07) is -0.236. The fourth-order valence-corrected chi connectivity index (χ4v) is 3.75. The molecule has 1 N–H and O–H groups in total. The number of aliphatic carboxylic acids is 1. The van der Waals surface area contributed by atoms with Crippen molar-refractivity contribution in [3.63, 3.8) is 0 Å². The van der Waals surface area contributed by atoms with Crippen LogP contribution in [0, 0.1) is 11.8 Å². The van der Waals surface area contributed by atoms with E-state index in [9.17, 15) is 14.7 Å². The van der Waals surface area contributed by atoms with Gasteiger partial charge in [-0.3, -0.25) is 9.59 Å². The van der Waals surface area contributed by atoms with Gasteiger partial charge in [-0.25, -0.2) is 0 Å². The summed E-state index contributed by atoms with van der Waals surface area (Å²) in [5, 5.41) is 13.5. The van der Waals surface area contributed by atoms with E-state index in [1.54, 1.807) is 4.90 Å². The lowest BCUT2D eigenvalue weighted by Crippen LogP contribution is -2.45. The molecule has 1 amide bonds. The summed E-state index contributed by atoms with van der Waals surface area (Å²) in [5.41, 5.74) is 0. The Bertz CT molecular complexity index is 655. The fraction of sp³-hybridized carbons (Fsp3) is 0.667. The van der Waals surface area contributed by atoms with Crippen LogP contribution in [-0.2, 0) is 16.0 Å². The maximum absolute atomic E-state index is 13.1. The third-order valence-electron chi connectivity index (χ3n) is 5.10. The molecule has 1 saturated heterocycles. The van der Waals surface area contributed by atoms with Crippen LogP contribution >= 0.6 is 0 Å². The van der Waals surface area contributed by atoms with Gasteiger partial charge in [0.2, 0.25) is 11.8 Å². The number of nitrogens with zero attached hydrogens (tertiary/aromatic N) is 3. The van der Waals surface area contributed by atoms with Crippen LogP contribution in [0.15, 0.2) is 16.7 Å². The molecule has 1 aromatic rings. The first-order valence-electron chi connectivity index (χ1n) is 9.12. The lowest BCUT2D eigenvalue weighted by atomic mass is 9.81. The lowest BCUT2D eigenvalue weighted by molar-refractivity contribution is -0.152. The van der Waals surface area contributed by atoms with E-state index in [0.29, 0.717) is 31.1 Å². The smallest absolute Gasteiger partial charge is 0.307 e. The molecule has 0 bridgehead atoms. The number of carbonyl (C=O) groups is 2. The monoisotopic (exact) mass is 347 g/mol. The van der Waals surface area contributed by atoms with Crippen molar-refractivity contribution in [3.05, 3.63) is 23.9 Å². The van der Waals surface area contributed by atoms with E-state index in [1.165, 1.54) is 0 Å². The highest BCUT2D eigenvalue weighted by molar-refractivity contribution is 5.85. The number of carbonyl (C=O) groups excluding carboxylic acids is 1. The molecule has 7 heteroatoms. The molecule has 0 saturated carbocycles. The van der Waals surface area contributed by atoms with Crippen molar-refractivity contribution in [2.75, 3.05) is 6.54 Å². The maximum atomic E-state index is 13.1. The Hall–Kier alpha value is -2.18. The van der Waals surface area contributed by atoms with Crippen LogP contribution in [0.25, 0.3) is 0 Å². The summed E-state index contributed by atoms with van der Waals surface area (Å²) in [5.74, 6) is -1.02. The Kier molecular flexibility index (Phi) is 5.50. The van der Waals surface area contributed by atoms with Crippen molar-refractivity contribution in [1.29, 1.82) is 0 Å². The number of carboxylic acid groups (broad SMARTS) is 1. The third kappa shape index (κ3) is 3.75. The van der Waals surface area contributed by atoms with Gasteiger partial charge in [0.15, 0.2) is 5.82 Å². The highest BCUT2D eigenvalue weighted by Crippen LogP contribution is 2.35. The first-order chi connectivity index (χ1) is 12.1. The van der Waals surface area contributed by atoms with Crippen molar-refractivity contribution >= 4 is 11.9 Å². The van der Waals surface area contributed by atoms with Crippen molar-refractivity contribution in [2.45, 2.75) is 57.9 Å². The lowest BCUT2D eigenvalue weighted by Gasteiger charge is -2.37. The minimum absolute atomic E-state index is 0.100. The van der Waals surface area contributed by atoms with Gasteiger partial charge in [-0.15, -0.1) is 0 Å². The molecule has 0 aromatic carbocycles. The van der Waals surface area contributed by atoms with E-state index in [0.717, 1.165) is 32.1 Å². The van der Waals surface area contributed by atoms with Crippen LogP contribution < -0.4 is 0 Å². The molecule has 1 aromatic heterocycles. The normalized spacial score (nSPS) is 26.6. The second-order valence-electron chi connectivity index (χ2n) is 6.84. The third-order valence-corrected chi connectivity index (χ3v) is 5.10. The molecule has 0 spiro atoms. The van der Waals surface area contributed by atoms with E-state index in [1.807, 2.05) is 12.2 Å². The van der Waals surface area contributed by atoms with E-state index < -0.39 is 17.8 Å². The van der Waals surface area contributed by atoms with Crippen molar-refractivity contribution < 1.29 is 19.2 Å². The SMILES string of the molecule is CCCc1noc([C@@H]2CCCCN2C(=O)[C@@H]2CC=CC[C@@H]2C(=O)O)n1. The first kappa shape index (κ1) is 17.6. The average Bonchev–Trinajstić information content (AvgIpc) is 3.10. The number of hydrogen-bond donors (Lipinski definition) is 1. The molecule has 3 rings (SSSR count). The maximum Gasteiger partial charge on any atom is 0.307 e. The predicted octanol–water partition coefficient (Wildman–Crippen LogP) is 2.74. The quantitative estimate of drug-likeness (QED) is 0.823. The molecular weight excluding hydrogens is 322 g/mol. The molecule has 1 fully saturated rings. The number of amides is 1. The Morgan fingerprint density at radius 3 is 2.76 bits per heavy atom. The van der Waals surface area contributed by atoms with Crippen LogP contribution in [0.2, 0.25) is 0 Å². The van der Waals surface area contributed by atoms with Gasteiger partial charge in [0.25, 0.3) is 0 Å². The summed E-state index contributed by atoms with van der Waals surface area (Å²) < 4.78 is 5.41. The number of rotatable bonds is 5. The van der Waals surface area contributed by atoms with Crippen molar-refractivity contribution in [2.24, 2.45) is 11.8 Å². The molecule has 7 nitrogen and oxygen atoms in total. The topological polar surface area (TPSA) is 96.5 Å². The second kappa shape index (κ2) is 7.80. The second-order valence-corrected chi connectivity index (χ2v) is 6.84. The Balaban J connectivity index is 1.80. The molecule has 2 heterocycles. The van der Waals surface area contributed by atoms with Gasteiger partial charge in [0.05, 0.1) is 11.8 Å². The number of likely N-dealkylation sites (tertiary alicyclic amines) is 1. The van der Waals surface area contributed by atoms with E-state index in [2.05, 4.69) is 17.1 Å². The number of carboxylic acids is 1. The van der Waals surface area contributed by atoms with Gasteiger partial charge in [-0.2, -0.15) is 4.98 Å². The zero-order chi connectivity index (χ0) is 17.8. The van der Waals surface area contributed by atoms with E-state index in [4.69, 9.17) is 4.52 Å². The molecule has 25 heavy (non-hydrogen) atoms. The Morgan fingerprint density at radius 1 is 1.28 bits per heavy atom. The Labute approximate surface area is 147 Å². The largest absolute Gasteiger partial charge is 0.481 e. The number of aromatic nitrogens is 2. The summed E-state index contributed by atoms with van der Waals surface area (Å²) in [4.78, 5) is 30.9. The molecule has 136 valence electrons. The molecule has 1 aliphatic heterocycles. The minimum Gasteiger partial charge on any atom is -0.481 e. The summed E-state index contributed by atoms with van der Waals surface area (Å²) in [6.07, 6.45) is 9.01. The fourth-order valence-electron chi connectivity index (χ4n) is 3.75. The average molecular weight is 347 g/mol. The van der Waals surface area contributed by atoms with Gasteiger partial charge in [-0.05, 0) is 38.5 Å². The number of allylic oxidation sites excluding steroid dienone is 2. The van der Waals surface area contributed by atoms with Crippen LogP contribution in [0.5, 0.6) is 0 Å². The molecule has 3 atom stereocenters. The molecule has 0 radical (unpaired) electrons. The van der Waals surface area contributed by atoms with Crippen molar-refractivity contribution in [1.82, 2.24) is 15.0 Å². The zero-order valence-electron chi connectivity index (χ0n) is 14.6. The number of piperidine rings is 1. The van der Waals surface area contributed by atoms with Crippen LogP contribution in [-0.4, -0.2) is 38.6 Å². The predicted molar refractivity (Wildman–Crippen MR) is 89.6 cm³/mol. The summed E-state index contributed by atoms with van der Waals surface area (Å²) in [6.45, 7) is 2.66. The van der Waals surface area contributed by atoms with Gasteiger partial charge in [0.1, 0.15) is 6.04 Å². The molecule has 2 aliphatic rings. The first-order valence-corrected chi connectivity index (χ1v) is 9.12. The van der Waals surface area contributed by atoms with Crippen LogP contribution in [0.1, 0.15) is 63.2 Å². The van der Waals surface area contributed by atoms with Crippen LogP contribution in [0.3, 0.4) is 0 Å². The Morgan fingerprint density at radius 2 is 2.04 bits per heavy atom.